The van der Waals surface area contributed by atoms with E-state index in [0.29, 0.717) is 6.04 Å². The lowest BCUT2D eigenvalue weighted by Crippen LogP contribution is -2.44. The molecule has 3 heteroatoms. The second-order valence-corrected chi connectivity index (χ2v) is 5.15. The van der Waals surface area contributed by atoms with Crippen molar-refractivity contribution in [2.75, 3.05) is 32.1 Å². The van der Waals surface area contributed by atoms with Crippen LogP contribution in [0.2, 0.25) is 0 Å². The molecule has 0 spiro atoms. The number of likely N-dealkylation sites (N-methyl/N-ethyl adjacent to an activating group) is 1. The molecule has 15 heavy (non-hydrogen) atoms. The zero-order valence-electron chi connectivity index (χ0n) is 11.0. The van der Waals surface area contributed by atoms with Gasteiger partial charge >= 0.3 is 0 Å². The van der Waals surface area contributed by atoms with Crippen molar-refractivity contribution in [3.8, 4) is 0 Å². The number of rotatable bonds is 9. The third kappa shape index (κ3) is 6.44. The van der Waals surface area contributed by atoms with Gasteiger partial charge in [-0.05, 0) is 39.6 Å². The SMILES string of the molecule is CCCNCC(C)N(C)C(CC)CSC. The predicted molar refractivity (Wildman–Crippen MR) is 72.8 cm³/mol. The maximum absolute atomic E-state index is 3.49. The molecule has 1 N–H and O–H groups in total. The summed E-state index contributed by atoms with van der Waals surface area (Å²) in [6.07, 6.45) is 4.66. The van der Waals surface area contributed by atoms with Crippen molar-refractivity contribution in [2.24, 2.45) is 0 Å². The van der Waals surface area contributed by atoms with Gasteiger partial charge in [0.1, 0.15) is 0 Å². The minimum atomic E-state index is 0.633. The van der Waals surface area contributed by atoms with E-state index in [1.54, 1.807) is 0 Å². The van der Waals surface area contributed by atoms with Gasteiger partial charge in [-0.3, -0.25) is 4.90 Å². The quantitative estimate of drug-likeness (QED) is 0.615. The van der Waals surface area contributed by atoms with Crippen molar-refractivity contribution in [1.82, 2.24) is 10.2 Å². The van der Waals surface area contributed by atoms with Crippen LogP contribution >= 0.6 is 11.8 Å². The van der Waals surface area contributed by atoms with Gasteiger partial charge in [-0.2, -0.15) is 11.8 Å². The van der Waals surface area contributed by atoms with E-state index in [2.05, 4.69) is 44.3 Å². The number of hydrogen-bond donors (Lipinski definition) is 1. The molecule has 0 aromatic carbocycles. The lowest BCUT2D eigenvalue weighted by Gasteiger charge is -2.32. The number of nitrogens with one attached hydrogen (secondary N) is 1. The van der Waals surface area contributed by atoms with Crippen molar-refractivity contribution in [1.29, 1.82) is 0 Å². The summed E-state index contributed by atoms with van der Waals surface area (Å²) in [6, 6.07) is 1.35. The summed E-state index contributed by atoms with van der Waals surface area (Å²) in [4.78, 5) is 2.51. The molecule has 0 rings (SSSR count). The van der Waals surface area contributed by atoms with Crippen LogP contribution in [0.1, 0.15) is 33.6 Å². The fourth-order valence-corrected chi connectivity index (χ4v) is 2.56. The summed E-state index contributed by atoms with van der Waals surface area (Å²) < 4.78 is 0. The van der Waals surface area contributed by atoms with E-state index in [0.717, 1.165) is 19.1 Å². The average Bonchev–Trinajstić information content (AvgIpc) is 2.25. The van der Waals surface area contributed by atoms with E-state index in [1.165, 1.54) is 18.6 Å². The molecule has 0 aromatic heterocycles. The Bertz CT molecular complexity index is 142. The van der Waals surface area contributed by atoms with Crippen molar-refractivity contribution >= 4 is 11.8 Å². The van der Waals surface area contributed by atoms with E-state index in [9.17, 15) is 0 Å². The van der Waals surface area contributed by atoms with Gasteiger partial charge in [0.25, 0.3) is 0 Å². The fraction of sp³-hybridized carbons (Fsp3) is 1.00. The van der Waals surface area contributed by atoms with E-state index < -0.39 is 0 Å². The van der Waals surface area contributed by atoms with E-state index in [-0.39, 0.29) is 0 Å². The summed E-state index contributed by atoms with van der Waals surface area (Å²) in [5, 5.41) is 3.49. The Morgan fingerprint density at radius 3 is 2.47 bits per heavy atom. The van der Waals surface area contributed by atoms with E-state index in [4.69, 9.17) is 0 Å². The molecule has 0 aliphatic carbocycles. The Morgan fingerprint density at radius 2 is 2.00 bits per heavy atom. The molecule has 0 aliphatic heterocycles. The van der Waals surface area contributed by atoms with Gasteiger partial charge < -0.3 is 5.32 Å². The van der Waals surface area contributed by atoms with Crippen LogP contribution in [0, 0.1) is 0 Å². The third-order valence-corrected chi connectivity index (χ3v) is 3.69. The van der Waals surface area contributed by atoms with Crippen LogP contribution in [0.15, 0.2) is 0 Å². The smallest absolute Gasteiger partial charge is 0.0192 e. The molecule has 0 saturated carbocycles. The van der Waals surface area contributed by atoms with Crippen molar-refractivity contribution in [3.63, 3.8) is 0 Å². The molecule has 2 unspecified atom stereocenters. The van der Waals surface area contributed by atoms with Crippen molar-refractivity contribution in [3.05, 3.63) is 0 Å². The first-order chi connectivity index (χ1) is 7.17. The maximum atomic E-state index is 3.49. The number of hydrogen-bond acceptors (Lipinski definition) is 3. The van der Waals surface area contributed by atoms with Crippen LogP contribution in [0.4, 0.5) is 0 Å². The standard InChI is InChI=1S/C12H28N2S/c1-6-8-13-9-11(3)14(4)12(7-2)10-15-5/h11-13H,6-10H2,1-5H3. The first-order valence-corrected chi connectivity index (χ1v) is 7.48. The monoisotopic (exact) mass is 232 g/mol. The van der Waals surface area contributed by atoms with Crippen LogP contribution in [0.25, 0.3) is 0 Å². The highest BCUT2D eigenvalue weighted by atomic mass is 32.2. The topological polar surface area (TPSA) is 15.3 Å². The zero-order valence-corrected chi connectivity index (χ0v) is 11.9. The molecule has 0 heterocycles. The Kier molecular flexibility index (Phi) is 9.66. The average molecular weight is 232 g/mol. The van der Waals surface area contributed by atoms with Crippen molar-refractivity contribution < 1.29 is 0 Å². The third-order valence-electron chi connectivity index (χ3n) is 2.97. The van der Waals surface area contributed by atoms with Gasteiger partial charge in [0, 0.05) is 24.4 Å². The molecule has 0 aliphatic rings. The lowest BCUT2D eigenvalue weighted by molar-refractivity contribution is 0.191. The molecule has 92 valence electrons. The summed E-state index contributed by atoms with van der Waals surface area (Å²) in [6.45, 7) is 9.05. The molecular formula is C12H28N2S. The van der Waals surface area contributed by atoms with Crippen LogP contribution < -0.4 is 5.32 Å². The highest BCUT2D eigenvalue weighted by Crippen LogP contribution is 2.10. The van der Waals surface area contributed by atoms with Gasteiger partial charge in [-0.25, -0.2) is 0 Å². The minimum Gasteiger partial charge on any atom is -0.315 e. The molecule has 2 nitrogen and oxygen atoms in total. The lowest BCUT2D eigenvalue weighted by atomic mass is 10.2. The first-order valence-electron chi connectivity index (χ1n) is 6.08. The molecule has 2 atom stereocenters. The highest BCUT2D eigenvalue weighted by Gasteiger charge is 2.17. The van der Waals surface area contributed by atoms with Gasteiger partial charge in [0.05, 0.1) is 0 Å². The maximum Gasteiger partial charge on any atom is 0.0192 e. The van der Waals surface area contributed by atoms with Crippen molar-refractivity contribution in [2.45, 2.75) is 45.7 Å². The normalized spacial score (nSPS) is 15.6. The predicted octanol–water partition coefficient (Wildman–Crippen LogP) is 2.45. The van der Waals surface area contributed by atoms with Gasteiger partial charge in [-0.1, -0.05) is 13.8 Å². The first kappa shape index (κ1) is 15.3. The fourth-order valence-electron chi connectivity index (χ4n) is 1.71. The molecule has 0 bridgehead atoms. The molecular weight excluding hydrogens is 204 g/mol. The largest absolute Gasteiger partial charge is 0.315 e. The molecule has 0 amide bonds. The van der Waals surface area contributed by atoms with E-state index >= 15 is 0 Å². The van der Waals surface area contributed by atoms with Crippen LogP contribution in [-0.2, 0) is 0 Å². The van der Waals surface area contributed by atoms with Crippen LogP contribution in [0.5, 0.6) is 0 Å². The van der Waals surface area contributed by atoms with Gasteiger partial charge in [0.15, 0.2) is 0 Å². The highest BCUT2D eigenvalue weighted by molar-refractivity contribution is 7.98. The van der Waals surface area contributed by atoms with E-state index in [1.807, 2.05) is 11.8 Å². The molecule has 0 radical (unpaired) electrons. The molecule has 0 saturated heterocycles. The Hall–Kier alpha value is 0.270. The molecule has 0 fully saturated rings. The van der Waals surface area contributed by atoms with Crippen LogP contribution in [0.3, 0.4) is 0 Å². The number of nitrogens with zero attached hydrogens (tertiary/aromatic N) is 1. The number of thioether (sulfide) groups is 1. The summed E-state index contributed by atoms with van der Waals surface area (Å²) >= 11 is 1.95. The summed E-state index contributed by atoms with van der Waals surface area (Å²) in [5.41, 5.74) is 0. The Morgan fingerprint density at radius 1 is 1.33 bits per heavy atom. The minimum absolute atomic E-state index is 0.633. The zero-order chi connectivity index (χ0) is 11.7. The van der Waals surface area contributed by atoms with Gasteiger partial charge in [-0.15, -0.1) is 0 Å². The summed E-state index contributed by atoms with van der Waals surface area (Å²) in [5.74, 6) is 1.24. The Labute approximate surface area is 100 Å². The Balaban J connectivity index is 3.86. The van der Waals surface area contributed by atoms with Gasteiger partial charge in [0.2, 0.25) is 0 Å². The summed E-state index contributed by atoms with van der Waals surface area (Å²) in [7, 11) is 2.25. The second kappa shape index (κ2) is 9.49. The van der Waals surface area contributed by atoms with Crippen LogP contribution in [-0.4, -0.2) is 49.1 Å². The molecule has 0 aromatic rings. The second-order valence-electron chi connectivity index (χ2n) is 4.24.